The van der Waals surface area contributed by atoms with Crippen molar-refractivity contribution in [3.8, 4) is 5.75 Å². The number of halogens is 1. The highest BCUT2D eigenvalue weighted by atomic mass is 32.1. The number of carboxylic acid groups (broad SMARTS) is 1. The van der Waals surface area contributed by atoms with Crippen molar-refractivity contribution in [1.29, 1.82) is 0 Å². The van der Waals surface area contributed by atoms with E-state index in [-0.39, 0.29) is 11.5 Å². The van der Waals surface area contributed by atoms with Crippen LogP contribution in [0.5, 0.6) is 5.75 Å². The Morgan fingerprint density at radius 1 is 1.19 bits per heavy atom. The number of fused-ring (bicyclic) bond motifs is 1. The molecule has 7 heteroatoms. The van der Waals surface area contributed by atoms with Gasteiger partial charge in [-0.2, -0.15) is 0 Å². The molecule has 2 N–H and O–H groups in total. The zero-order valence-corrected chi connectivity index (χ0v) is 17.9. The fourth-order valence-corrected chi connectivity index (χ4v) is 4.48. The lowest BCUT2D eigenvalue weighted by molar-refractivity contribution is 0.0684. The van der Waals surface area contributed by atoms with Gasteiger partial charge < -0.3 is 19.7 Å². The molecule has 0 radical (unpaired) electrons. The van der Waals surface area contributed by atoms with Crippen LogP contribution >= 0.6 is 11.3 Å². The Morgan fingerprint density at radius 3 is 2.68 bits per heavy atom. The third kappa shape index (κ3) is 4.62. The summed E-state index contributed by atoms with van der Waals surface area (Å²) in [5.41, 5.74) is 2.56. The van der Waals surface area contributed by atoms with Gasteiger partial charge in [-0.15, -0.1) is 11.3 Å². The van der Waals surface area contributed by atoms with Gasteiger partial charge in [-0.3, -0.25) is 0 Å². The minimum Gasteiger partial charge on any atom is -0.497 e. The van der Waals surface area contributed by atoms with Crippen LogP contribution in [0.2, 0.25) is 0 Å². The number of carboxylic acids is 1. The number of rotatable bonds is 9. The molecule has 0 atom stereocenters. The van der Waals surface area contributed by atoms with Crippen LogP contribution < -0.4 is 10.1 Å². The molecule has 4 aromatic rings. The van der Waals surface area contributed by atoms with Gasteiger partial charge >= 0.3 is 5.97 Å². The average Bonchev–Trinajstić information content (AvgIpc) is 3.39. The summed E-state index contributed by atoms with van der Waals surface area (Å²) in [6.45, 7) is 1.51. The Labute approximate surface area is 183 Å². The van der Waals surface area contributed by atoms with Crippen molar-refractivity contribution in [2.75, 3.05) is 13.7 Å². The molecule has 0 fully saturated rings. The fourth-order valence-electron chi connectivity index (χ4n) is 3.77. The standard InChI is InChI=1S/C24H23FN2O3S/c1-30-18-8-9-20-21(14-26-11-10-19-3-2-12-31-19)23(24(28)29)27(22(20)13-18)15-16-4-6-17(25)7-5-16/h2-9,12-13,26H,10-11,14-15H2,1H3,(H,28,29). The van der Waals surface area contributed by atoms with Gasteiger partial charge in [0, 0.05) is 41.5 Å². The maximum atomic E-state index is 13.3. The van der Waals surface area contributed by atoms with E-state index in [1.54, 1.807) is 35.1 Å². The Bertz CT molecular complexity index is 1180. The van der Waals surface area contributed by atoms with Crippen LogP contribution in [0.25, 0.3) is 10.9 Å². The van der Waals surface area contributed by atoms with E-state index in [1.165, 1.54) is 17.0 Å². The lowest BCUT2D eigenvalue weighted by Crippen LogP contribution is -2.19. The van der Waals surface area contributed by atoms with Crippen molar-refractivity contribution in [2.24, 2.45) is 0 Å². The van der Waals surface area contributed by atoms with Gasteiger partial charge in [0.1, 0.15) is 17.3 Å². The number of nitrogens with zero attached hydrogens (tertiary/aromatic N) is 1. The molecule has 2 aromatic heterocycles. The first-order valence-corrected chi connectivity index (χ1v) is 10.8. The first-order valence-electron chi connectivity index (χ1n) is 9.96. The SMILES string of the molecule is COc1ccc2c(CNCCc3cccs3)c(C(=O)O)n(Cc3ccc(F)cc3)c2c1. The highest BCUT2D eigenvalue weighted by Gasteiger charge is 2.22. The zero-order valence-electron chi connectivity index (χ0n) is 17.1. The number of methoxy groups -OCH3 is 1. The van der Waals surface area contributed by atoms with E-state index < -0.39 is 5.97 Å². The van der Waals surface area contributed by atoms with E-state index in [1.807, 2.05) is 29.6 Å². The molecule has 2 aromatic carbocycles. The molecule has 31 heavy (non-hydrogen) atoms. The molecular weight excluding hydrogens is 415 g/mol. The van der Waals surface area contributed by atoms with Gasteiger partial charge in [0.05, 0.1) is 12.6 Å². The maximum absolute atomic E-state index is 13.3. The number of nitrogens with one attached hydrogen (secondary N) is 1. The van der Waals surface area contributed by atoms with Crippen LogP contribution in [0.3, 0.4) is 0 Å². The summed E-state index contributed by atoms with van der Waals surface area (Å²) in [7, 11) is 1.58. The maximum Gasteiger partial charge on any atom is 0.352 e. The lowest BCUT2D eigenvalue weighted by atomic mass is 10.1. The molecule has 0 bridgehead atoms. The fraction of sp³-hybridized carbons (Fsp3) is 0.208. The highest BCUT2D eigenvalue weighted by Crippen LogP contribution is 2.30. The first-order chi connectivity index (χ1) is 15.1. The molecule has 0 aliphatic heterocycles. The van der Waals surface area contributed by atoms with Crippen molar-refractivity contribution in [3.63, 3.8) is 0 Å². The quantitative estimate of drug-likeness (QED) is 0.364. The summed E-state index contributed by atoms with van der Waals surface area (Å²) in [6, 6.07) is 15.8. The predicted octanol–water partition coefficient (Wildman–Crippen LogP) is 4.93. The van der Waals surface area contributed by atoms with Crippen LogP contribution in [0.1, 0.15) is 26.5 Å². The number of carbonyl (C=O) groups is 1. The molecule has 160 valence electrons. The third-order valence-electron chi connectivity index (χ3n) is 5.26. The zero-order chi connectivity index (χ0) is 21.8. The summed E-state index contributed by atoms with van der Waals surface area (Å²) in [5.74, 6) is -0.663. The molecule has 0 unspecified atom stereocenters. The van der Waals surface area contributed by atoms with Gasteiger partial charge in [-0.1, -0.05) is 18.2 Å². The second-order valence-corrected chi connectivity index (χ2v) is 8.27. The minimum absolute atomic E-state index is 0.233. The molecule has 0 saturated heterocycles. The van der Waals surface area contributed by atoms with Crippen LogP contribution in [0.4, 0.5) is 4.39 Å². The Morgan fingerprint density at radius 2 is 2.00 bits per heavy atom. The van der Waals surface area contributed by atoms with E-state index in [9.17, 15) is 14.3 Å². The van der Waals surface area contributed by atoms with Crippen molar-refractivity contribution in [1.82, 2.24) is 9.88 Å². The van der Waals surface area contributed by atoms with E-state index in [4.69, 9.17) is 4.74 Å². The van der Waals surface area contributed by atoms with E-state index in [0.29, 0.717) is 18.8 Å². The average molecular weight is 439 g/mol. The first kappa shape index (κ1) is 21.1. The Hall–Kier alpha value is -3.16. The summed E-state index contributed by atoms with van der Waals surface area (Å²) in [5, 5.41) is 16.4. The number of hydrogen-bond acceptors (Lipinski definition) is 4. The van der Waals surface area contributed by atoms with E-state index in [2.05, 4.69) is 11.4 Å². The molecule has 0 aliphatic rings. The summed E-state index contributed by atoms with van der Waals surface area (Å²) in [6.07, 6.45) is 0.891. The van der Waals surface area contributed by atoms with E-state index >= 15 is 0 Å². The number of hydrogen-bond donors (Lipinski definition) is 2. The Balaban J connectivity index is 1.70. The van der Waals surface area contributed by atoms with Crippen LogP contribution in [0, 0.1) is 5.82 Å². The van der Waals surface area contributed by atoms with E-state index in [0.717, 1.165) is 35.0 Å². The van der Waals surface area contributed by atoms with Crippen LogP contribution in [-0.4, -0.2) is 29.3 Å². The molecule has 5 nitrogen and oxygen atoms in total. The Kier molecular flexibility index (Phi) is 6.34. The van der Waals surface area contributed by atoms with Gasteiger partial charge in [0.15, 0.2) is 0 Å². The number of aromatic nitrogens is 1. The number of aromatic carboxylic acids is 1. The van der Waals surface area contributed by atoms with Crippen molar-refractivity contribution < 1.29 is 19.0 Å². The lowest BCUT2D eigenvalue weighted by Gasteiger charge is -2.10. The monoisotopic (exact) mass is 438 g/mol. The number of thiophene rings is 1. The molecule has 4 rings (SSSR count). The topological polar surface area (TPSA) is 63.5 Å². The molecule has 0 spiro atoms. The smallest absolute Gasteiger partial charge is 0.352 e. The second-order valence-electron chi connectivity index (χ2n) is 7.23. The molecule has 0 amide bonds. The van der Waals surface area contributed by atoms with Crippen molar-refractivity contribution in [2.45, 2.75) is 19.5 Å². The number of ether oxygens (including phenoxy) is 1. The minimum atomic E-state index is -0.993. The van der Waals surface area contributed by atoms with Crippen LogP contribution in [-0.2, 0) is 19.5 Å². The summed E-state index contributed by atoms with van der Waals surface area (Å²) < 4.78 is 20.5. The number of benzene rings is 2. The third-order valence-corrected chi connectivity index (χ3v) is 6.20. The van der Waals surface area contributed by atoms with Gasteiger partial charge in [0.2, 0.25) is 0 Å². The summed E-state index contributed by atoms with van der Waals surface area (Å²) >= 11 is 1.71. The normalized spacial score (nSPS) is 11.2. The molecular formula is C24H23FN2O3S. The van der Waals surface area contributed by atoms with Crippen molar-refractivity contribution in [3.05, 3.63) is 87.5 Å². The van der Waals surface area contributed by atoms with Gasteiger partial charge in [-0.05, 0) is 47.7 Å². The second kappa shape index (κ2) is 9.32. The summed E-state index contributed by atoms with van der Waals surface area (Å²) in [4.78, 5) is 13.6. The molecule has 0 aliphatic carbocycles. The predicted molar refractivity (Wildman–Crippen MR) is 121 cm³/mol. The van der Waals surface area contributed by atoms with Gasteiger partial charge in [-0.25, -0.2) is 9.18 Å². The van der Waals surface area contributed by atoms with Crippen molar-refractivity contribution >= 4 is 28.2 Å². The molecule has 2 heterocycles. The highest BCUT2D eigenvalue weighted by molar-refractivity contribution is 7.09. The van der Waals surface area contributed by atoms with Gasteiger partial charge in [0.25, 0.3) is 0 Å². The van der Waals surface area contributed by atoms with Crippen LogP contribution in [0.15, 0.2) is 60.0 Å². The largest absolute Gasteiger partial charge is 0.497 e. The molecule has 0 saturated carbocycles.